The molecule has 0 saturated heterocycles. The molecule has 2 aromatic rings. The molecule has 84 valence electrons. The summed E-state index contributed by atoms with van der Waals surface area (Å²) in [7, 11) is 0. The molecule has 0 unspecified atom stereocenters. The number of fused-ring (bicyclic) bond motifs is 1. The second-order valence-electron chi connectivity index (χ2n) is 3.28. The predicted octanol–water partition coefficient (Wildman–Crippen LogP) is 3.16. The zero-order valence-electron chi connectivity index (χ0n) is 8.98. The van der Waals surface area contributed by atoms with Crippen LogP contribution in [0, 0.1) is 0 Å². The number of hydrogen-bond acceptors (Lipinski definition) is 4. The van der Waals surface area contributed by atoms with E-state index in [4.69, 9.17) is 4.42 Å². The lowest BCUT2D eigenvalue weighted by atomic mass is 10.3. The molecule has 2 rings (SSSR count). The third kappa shape index (κ3) is 2.58. The third-order valence-electron chi connectivity index (χ3n) is 2.15. The largest absolute Gasteiger partial charge is 0.464 e. The Morgan fingerprint density at radius 1 is 1.50 bits per heavy atom. The SMILES string of the molecule is C=CCSCCNc1nccc2occc12. The summed E-state index contributed by atoms with van der Waals surface area (Å²) in [6, 6.07) is 3.80. The van der Waals surface area contributed by atoms with E-state index in [9.17, 15) is 0 Å². The summed E-state index contributed by atoms with van der Waals surface area (Å²) in [4.78, 5) is 4.30. The molecule has 0 atom stereocenters. The van der Waals surface area contributed by atoms with Gasteiger partial charge >= 0.3 is 0 Å². The molecule has 0 fully saturated rings. The molecule has 16 heavy (non-hydrogen) atoms. The summed E-state index contributed by atoms with van der Waals surface area (Å²) in [5, 5.41) is 4.34. The fraction of sp³-hybridized carbons (Fsp3) is 0.250. The van der Waals surface area contributed by atoms with Crippen LogP contribution in [0.4, 0.5) is 5.82 Å². The number of nitrogens with one attached hydrogen (secondary N) is 1. The molecule has 0 aliphatic heterocycles. The summed E-state index contributed by atoms with van der Waals surface area (Å²) in [5.74, 6) is 2.93. The van der Waals surface area contributed by atoms with Crippen LogP contribution in [-0.2, 0) is 0 Å². The van der Waals surface area contributed by atoms with Crippen LogP contribution in [0.25, 0.3) is 11.0 Å². The van der Waals surface area contributed by atoms with Gasteiger partial charge in [-0.1, -0.05) is 6.08 Å². The molecule has 0 aromatic carbocycles. The van der Waals surface area contributed by atoms with Gasteiger partial charge in [0.05, 0.1) is 11.6 Å². The van der Waals surface area contributed by atoms with E-state index < -0.39 is 0 Å². The molecule has 0 radical (unpaired) electrons. The van der Waals surface area contributed by atoms with Gasteiger partial charge in [-0.15, -0.1) is 6.58 Å². The highest BCUT2D eigenvalue weighted by Gasteiger charge is 2.03. The van der Waals surface area contributed by atoms with Crippen LogP contribution in [0.3, 0.4) is 0 Å². The van der Waals surface area contributed by atoms with Gasteiger partial charge in [0, 0.05) is 24.2 Å². The fourth-order valence-electron chi connectivity index (χ4n) is 1.44. The van der Waals surface area contributed by atoms with Crippen LogP contribution in [0.5, 0.6) is 0 Å². The summed E-state index contributed by atoms with van der Waals surface area (Å²) >= 11 is 1.85. The summed E-state index contributed by atoms with van der Waals surface area (Å²) in [6.07, 6.45) is 5.36. The van der Waals surface area contributed by atoms with Gasteiger partial charge < -0.3 is 9.73 Å². The Kier molecular flexibility index (Phi) is 3.88. The molecule has 0 amide bonds. The molecule has 3 nitrogen and oxygen atoms in total. The molecule has 0 aliphatic rings. The Morgan fingerprint density at radius 2 is 2.44 bits per heavy atom. The van der Waals surface area contributed by atoms with Crippen molar-refractivity contribution in [3.63, 3.8) is 0 Å². The van der Waals surface area contributed by atoms with Crippen LogP contribution in [0.2, 0.25) is 0 Å². The second kappa shape index (κ2) is 5.61. The van der Waals surface area contributed by atoms with Crippen molar-refractivity contribution in [3.8, 4) is 0 Å². The zero-order valence-corrected chi connectivity index (χ0v) is 9.80. The normalized spacial score (nSPS) is 10.5. The first-order valence-electron chi connectivity index (χ1n) is 5.16. The van der Waals surface area contributed by atoms with Gasteiger partial charge in [-0.25, -0.2) is 4.98 Å². The van der Waals surface area contributed by atoms with Crippen molar-refractivity contribution < 1.29 is 4.42 Å². The Bertz CT molecular complexity index is 467. The molecule has 2 aromatic heterocycles. The number of aromatic nitrogens is 1. The molecule has 0 saturated carbocycles. The van der Waals surface area contributed by atoms with Crippen molar-refractivity contribution in [3.05, 3.63) is 37.2 Å². The Morgan fingerprint density at radius 3 is 3.31 bits per heavy atom. The smallest absolute Gasteiger partial charge is 0.139 e. The van der Waals surface area contributed by atoms with E-state index in [-0.39, 0.29) is 0 Å². The number of pyridine rings is 1. The maximum absolute atomic E-state index is 5.30. The topological polar surface area (TPSA) is 38.1 Å². The molecule has 0 aliphatic carbocycles. The number of anilines is 1. The van der Waals surface area contributed by atoms with E-state index in [0.717, 1.165) is 34.8 Å². The number of thioether (sulfide) groups is 1. The minimum absolute atomic E-state index is 0.872. The van der Waals surface area contributed by atoms with Crippen LogP contribution in [0.15, 0.2) is 41.7 Å². The van der Waals surface area contributed by atoms with Crippen molar-refractivity contribution in [2.75, 3.05) is 23.4 Å². The van der Waals surface area contributed by atoms with Crippen LogP contribution in [-0.4, -0.2) is 23.0 Å². The number of furan rings is 1. The quantitative estimate of drug-likeness (QED) is 0.615. The highest BCUT2D eigenvalue weighted by Crippen LogP contribution is 2.21. The minimum Gasteiger partial charge on any atom is -0.464 e. The highest BCUT2D eigenvalue weighted by molar-refractivity contribution is 7.99. The average Bonchev–Trinajstić information content (AvgIpc) is 2.77. The molecule has 0 spiro atoms. The second-order valence-corrected chi connectivity index (χ2v) is 4.43. The van der Waals surface area contributed by atoms with Gasteiger partial charge in [-0.05, 0) is 12.1 Å². The van der Waals surface area contributed by atoms with Crippen molar-refractivity contribution in [2.45, 2.75) is 0 Å². The lowest BCUT2D eigenvalue weighted by Gasteiger charge is -2.05. The van der Waals surface area contributed by atoms with E-state index in [0.29, 0.717) is 0 Å². The minimum atomic E-state index is 0.872. The van der Waals surface area contributed by atoms with E-state index in [1.54, 1.807) is 12.5 Å². The molecule has 2 heterocycles. The van der Waals surface area contributed by atoms with Crippen molar-refractivity contribution >= 4 is 28.5 Å². The van der Waals surface area contributed by atoms with Crippen LogP contribution in [0.1, 0.15) is 0 Å². The Labute approximate surface area is 98.9 Å². The highest BCUT2D eigenvalue weighted by atomic mass is 32.2. The van der Waals surface area contributed by atoms with E-state index in [2.05, 4.69) is 16.9 Å². The fourth-order valence-corrected chi connectivity index (χ4v) is 2.02. The standard InChI is InChI=1S/C12H14N2OS/c1-2-8-16-9-6-14-12-10-4-7-15-11(10)3-5-13-12/h2-5,7H,1,6,8-9H2,(H,13,14). The van der Waals surface area contributed by atoms with Crippen LogP contribution >= 0.6 is 11.8 Å². The van der Waals surface area contributed by atoms with Gasteiger partial charge in [0.15, 0.2) is 0 Å². The van der Waals surface area contributed by atoms with Gasteiger partial charge in [0.25, 0.3) is 0 Å². The number of hydrogen-bond donors (Lipinski definition) is 1. The maximum atomic E-state index is 5.30. The lowest BCUT2D eigenvalue weighted by molar-refractivity contribution is 0.615. The molecule has 0 bridgehead atoms. The summed E-state index contributed by atoms with van der Waals surface area (Å²) in [6.45, 7) is 4.58. The average molecular weight is 234 g/mol. The van der Waals surface area contributed by atoms with E-state index in [1.165, 1.54) is 0 Å². The summed E-state index contributed by atoms with van der Waals surface area (Å²) < 4.78 is 5.30. The van der Waals surface area contributed by atoms with Crippen molar-refractivity contribution in [2.24, 2.45) is 0 Å². The van der Waals surface area contributed by atoms with Gasteiger partial charge in [-0.2, -0.15) is 11.8 Å². The monoisotopic (exact) mass is 234 g/mol. The zero-order chi connectivity index (χ0) is 11.2. The van der Waals surface area contributed by atoms with E-state index >= 15 is 0 Å². The molecular weight excluding hydrogens is 220 g/mol. The van der Waals surface area contributed by atoms with Crippen molar-refractivity contribution in [1.29, 1.82) is 0 Å². The Balaban J connectivity index is 1.93. The predicted molar refractivity (Wildman–Crippen MR) is 70.0 cm³/mol. The lowest BCUT2D eigenvalue weighted by Crippen LogP contribution is -2.05. The first kappa shape index (κ1) is 11.1. The number of rotatable bonds is 6. The molecule has 4 heteroatoms. The van der Waals surface area contributed by atoms with E-state index in [1.807, 2.05) is 30.0 Å². The van der Waals surface area contributed by atoms with Crippen LogP contribution < -0.4 is 5.32 Å². The first-order chi connectivity index (χ1) is 7.92. The van der Waals surface area contributed by atoms with Gasteiger partial charge in [-0.3, -0.25) is 0 Å². The maximum Gasteiger partial charge on any atom is 0.139 e. The van der Waals surface area contributed by atoms with Crippen molar-refractivity contribution in [1.82, 2.24) is 4.98 Å². The number of nitrogens with zero attached hydrogens (tertiary/aromatic N) is 1. The van der Waals surface area contributed by atoms with Gasteiger partial charge in [0.2, 0.25) is 0 Å². The Hall–Kier alpha value is -1.42. The molecular formula is C12H14N2OS. The van der Waals surface area contributed by atoms with Gasteiger partial charge in [0.1, 0.15) is 11.4 Å². The third-order valence-corrected chi connectivity index (χ3v) is 3.12. The summed E-state index contributed by atoms with van der Waals surface area (Å²) in [5.41, 5.74) is 0.872. The molecule has 1 N–H and O–H groups in total. The first-order valence-corrected chi connectivity index (χ1v) is 6.32.